The number of hydrogen-bond donors (Lipinski definition) is 1. The van der Waals surface area contributed by atoms with Crippen LogP contribution in [0.15, 0.2) is 18.5 Å². The number of anilines is 1. The molecule has 0 bridgehead atoms. The Morgan fingerprint density at radius 3 is 2.94 bits per heavy atom. The zero-order chi connectivity index (χ0) is 13.0. The lowest BCUT2D eigenvalue weighted by Crippen LogP contribution is -2.46. The smallest absolute Gasteiger partial charge is 0.242 e. The average Bonchev–Trinajstić information content (AvgIpc) is 2.39. The van der Waals surface area contributed by atoms with Gasteiger partial charge in [0.15, 0.2) is 0 Å². The zero-order valence-corrected chi connectivity index (χ0v) is 10.5. The zero-order valence-electron chi connectivity index (χ0n) is 10.5. The Bertz CT molecular complexity index is 398. The van der Waals surface area contributed by atoms with E-state index in [2.05, 4.69) is 9.97 Å². The minimum absolute atomic E-state index is 0.00343. The largest absolute Gasteiger partial charge is 0.391 e. The number of aromatic nitrogens is 2. The van der Waals surface area contributed by atoms with E-state index in [-0.39, 0.29) is 18.6 Å². The van der Waals surface area contributed by atoms with Gasteiger partial charge in [-0.05, 0) is 18.9 Å². The standard InChI is InChI=1S/C12H18N4O2/c1-15(12-13-5-3-6-14-12)9-11(18)16-7-2-4-10(17)8-16/h3,5-6,10,17H,2,4,7-9H2,1H3. The van der Waals surface area contributed by atoms with Crippen LogP contribution in [-0.2, 0) is 4.79 Å². The third-order valence-electron chi connectivity index (χ3n) is 3.02. The molecule has 1 saturated heterocycles. The SMILES string of the molecule is CN(CC(=O)N1CCCC(O)C1)c1ncccn1. The molecule has 2 heterocycles. The lowest BCUT2D eigenvalue weighted by molar-refractivity contribution is -0.132. The molecule has 0 saturated carbocycles. The Hall–Kier alpha value is -1.69. The molecule has 6 nitrogen and oxygen atoms in total. The van der Waals surface area contributed by atoms with Crippen LogP contribution in [0.25, 0.3) is 0 Å². The highest BCUT2D eigenvalue weighted by molar-refractivity contribution is 5.80. The molecule has 1 aromatic rings. The van der Waals surface area contributed by atoms with E-state index in [9.17, 15) is 9.90 Å². The topological polar surface area (TPSA) is 69.6 Å². The van der Waals surface area contributed by atoms with E-state index < -0.39 is 0 Å². The third kappa shape index (κ3) is 3.16. The number of aliphatic hydroxyl groups excluding tert-OH is 1. The molecule has 1 atom stereocenters. The highest BCUT2D eigenvalue weighted by Crippen LogP contribution is 2.11. The van der Waals surface area contributed by atoms with Crippen LogP contribution < -0.4 is 4.90 Å². The summed E-state index contributed by atoms with van der Waals surface area (Å²) in [5.41, 5.74) is 0. The van der Waals surface area contributed by atoms with Crippen molar-refractivity contribution in [3.05, 3.63) is 18.5 Å². The molecule has 6 heteroatoms. The molecule has 0 radical (unpaired) electrons. The number of β-amino-alcohol motifs (C(OH)–C–C–N with tert-alkyl or cyclic N) is 1. The normalized spacial score (nSPS) is 19.7. The maximum Gasteiger partial charge on any atom is 0.242 e. The van der Waals surface area contributed by atoms with Crippen molar-refractivity contribution in [3.8, 4) is 0 Å². The number of carbonyl (C=O) groups excluding carboxylic acids is 1. The number of aliphatic hydroxyl groups is 1. The van der Waals surface area contributed by atoms with Gasteiger partial charge in [0, 0.05) is 32.5 Å². The van der Waals surface area contributed by atoms with Crippen molar-refractivity contribution < 1.29 is 9.90 Å². The first kappa shape index (κ1) is 12.8. The number of nitrogens with zero attached hydrogens (tertiary/aromatic N) is 4. The lowest BCUT2D eigenvalue weighted by Gasteiger charge is -2.31. The second-order valence-electron chi connectivity index (χ2n) is 4.54. The number of rotatable bonds is 3. The molecule has 98 valence electrons. The summed E-state index contributed by atoms with van der Waals surface area (Å²) in [6, 6.07) is 1.74. The first-order valence-electron chi connectivity index (χ1n) is 6.11. The summed E-state index contributed by atoms with van der Waals surface area (Å²) in [6.07, 6.45) is 4.54. The van der Waals surface area contributed by atoms with E-state index in [0.29, 0.717) is 12.5 Å². The van der Waals surface area contributed by atoms with E-state index in [0.717, 1.165) is 19.4 Å². The Morgan fingerprint density at radius 2 is 2.28 bits per heavy atom. The second kappa shape index (κ2) is 5.77. The van der Waals surface area contributed by atoms with Gasteiger partial charge in [-0.15, -0.1) is 0 Å². The molecule has 1 N–H and O–H groups in total. The number of hydrogen-bond acceptors (Lipinski definition) is 5. The van der Waals surface area contributed by atoms with Crippen molar-refractivity contribution in [1.29, 1.82) is 0 Å². The van der Waals surface area contributed by atoms with Gasteiger partial charge in [0.1, 0.15) is 0 Å². The summed E-state index contributed by atoms with van der Waals surface area (Å²) in [4.78, 5) is 23.6. The van der Waals surface area contributed by atoms with Crippen LogP contribution in [0.4, 0.5) is 5.95 Å². The number of amides is 1. The van der Waals surface area contributed by atoms with E-state index in [4.69, 9.17) is 0 Å². The van der Waals surface area contributed by atoms with Gasteiger partial charge in [0.05, 0.1) is 12.6 Å². The summed E-state index contributed by atoms with van der Waals surface area (Å²) < 4.78 is 0. The van der Waals surface area contributed by atoms with Gasteiger partial charge in [0.25, 0.3) is 0 Å². The highest BCUT2D eigenvalue weighted by atomic mass is 16.3. The predicted octanol–water partition coefficient (Wildman–Crippen LogP) is -0.104. The van der Waals surface area contributed by atoms with Crippen molar-refractivity contribution >= 4 is 11.9 Å². The molecule has 1 aliphatic rings. The molecule has 1 fully saturated rings. The Morgan fingerprint density at radius 1 is 1.56 bits per heavy atom. The van der Waals surface area contributed by atoms with Gasteiger partial charge < -0.3 is 14.9 Å². The minimum atomic E-state index is -0.388. The van der Waals surface area contributed by atoms with Crippen molar-refractivity contribution in [1.82, 2.24) is 14.9 Å². The van der Waals surface area contributed by atoms with E-state index in [1.54, 1.807) is 35.3 Å². The van der Waals surface area contributed by atoms with E-state index >= 15 is 0 Å². The van der Waals surface area contributed by atoms with E-state index in [1.807, 2.05) is 0 Å². The quantitative estimate of drug-likeness (QED) is 0.811. The molecule has 2 rings (SSSR count). The average molecular weight is 250 g/mol. The summed E-state index contributed by atoms with van der Waals surface area (Å²) in [5.74, 6) is 0.534. The van der Waals surface area contributed by atoms with Gasteiger partial charge >= 0.3 is 0 Å². The molecule has 1 amide bonds. The maximum atomic E-state index is 12.0. The van der Waals surface area contributed by atoms with Crippen molar-refractivity contribution in [2.24, 2.45) is 0 Å². The Labute approximate surface area is 106 Å². The molecule has 1 aromatic heterocycles. The molecule has 18 heavy (non-hydrogen) atoms. The fourth-order valence-corrected chi connectivity index (χ4v) is 2.04. The Kier molecular flexibility index (Phi) is 4.09. The van der Waals surface area contributed by atoms with Crippen LogP contribution in [0.3, 0.4) is 0 Å². The van der Waals surface area contributed by atoms with Gasteiger partial charge in [-0.1, -0.05) is 0 Å². The number of likely N-dealkylation sites (tertiary alicyclic amines) is 1. The van der Waals surface area contributed by atoms with Crippen molar-refractivity contribution in [3.63, 3.8) is 0 Å². The van der Waals surface area contributed by atoms with Crippen LogP contribution in [-0.4, -0.2) is 58.7 Å². The fourth-order valence-electron chi connectivity index (χ4n) is 2.04. The summed E-state index contributed by atoms with van der Waals surface area (Å²) in [7, 11) is 1.79. The van der Waals surface area contributed by atoms with Crippen molar-refractivity contribution in [2.45, 2.75) is 18.9 Å². The lowest BCUT2D eigenvalue weighted by atomic mass is 10.1. The third-order valence-corrected chi connectivity index (χ3v) is 3.02. The summed E-state index contributed by atoms with van der Waals surface area (Å²) in [5, 5.41) is 9.55. The first-order chi connectivity index (χ1) is 8.66. The maximum absolute atomic E-state index is 12.0. The number of carbonyl (C=O) groups is 1. The molecule has 1 unspecified atom stereocenters. The van der Waals surface area contributed by atoms with Crippen LogP contribution in [0.1, 0.15) is 12.8 Å². The molecule has 1 aliphatic heterocycles. The van der Waals surface area contributed by atoms with Crippen LogP contribution in [0.2, 0.25) is 0 Å². The fraction of sp³-hybridized carbons (Fsp3) is 0.583. The molecular weight excluding hydrogens is 232 g/mol. The van der Waals surface area contributed by atoms with Crippen LogP contribution >= 0.6 is 0 Å². The molecule has 0 spiro atoms. The minimum Gasteiger partial charge on any atom is -0.391 e. The number of piperidine rings is 1. The highest BCUT2D eigenvalue weighted by Gasteiger charge is 2.23. The molecule has 0 aromatic carbocycles. The predicted molar refractivity (Wildman–Crippen MR) is 67.1 cm³/mol. The monoisotopic (exact) mass is 250 g/mol. The summed E-state index contributed by atoms with van der Waals surface area (Å²) in [6.45, 7) is 1.39. The summed E-state index contributed by atoms with van der Waals surface area (Å²) >= 11 is 0. The van der Waals surface area contributed by atoms with Gasteiger partial charge in [-0.3, -0.25) is 4.79 Å². The van der Waals surface area contributed by atoms with Crippen LogP contribution in [0.5, 0.6) is 0 Å². The van der Waals surface area contributed by atoms with Gasteiger partial charge in [-0.2, -0.15) is 0 Å². The number of likely N-dealkylation sites (N-methyl/N-ethyl adjacent to an activating group) is 1. The Balaban J connectivity index is 1.91. The van der Waals surface area contributed by atoms with Crippen LogP contribution in [0, 0.1) is 0 Å². The molecular formula is C12H18N4O2. The molecule has 0 aliphatic carbocycles. The second-order valence-corrected chi connectivity index (χ2v) is 4.54. The van der Waals surface area contributed by atoms with Gasteiger partial charge in [0.2, 0.25) is 11.9 Å². The van der Waals surface area contributed by atoms with Crippen molar-refractivity contribution in [2.75, 3.05) is 31.6 Å². The first-order valence-corrected chi connectivity index (χ1v) is 6.11. The van der Waals surface area contributed by atoms with Gasteiger partial charge in [-0.25, -0.2) is 9.97 Å². The van der Waals surface area contributed by atoms with E-state index in [1.165, 1.54) is 0 Å².